The molecule has 0 saturated carbocycles. The number of nitrogens with one attached hydrogen (secondary N) is 4. The molecule has 1 atom stereocenters. The van der Waals surface area contributed by atoms with Crippen molar-refractivity contribution >= 4 is 34.1 Å². The van der Waals surface area contributed by atoms with Crippen LogP contribution in [0.5, 0.6) is 0 Å². The lowest BCUT2D eigenvalue weighted by Gasteiger charge is -2.16. The smallest absolute Gasteiger partial charge is 0.154 e. The monoisotopic (exact) mass is 432 g/mol. The fourth-order valence-corrected chi connectivity index (χ4v) is 3.49. The molecule has 4 heterocycles. The number of pyridine rings is 2. The van der Waals surface area contributed by atoms with Crippen LogP contribution in [0.15, 0.2) is 42.9 Å². The minimum Gasteiger partial charge on any atom is -0.393 e. The Balaban J connectivity index is 1.60. The first kappa shape index (κ1) is 21.6. The van der Waals surface area contributed by atoms with E-state index in [9.17, 15) is 0 Å². The number of amidine groups is 1. The van der Waals surface area contributed by atoms with Crippen LogP contribution in [0.1, 0.15) is 37.3 Å². The maximum atomic E-state index is 8.55. The van der Waals surface area contributed by atoms with Gasteiger partial charge < -0.3 is 20.7 Å². The zero-order valence-corrected chi connectivity index (χ0v) is 18.5. The molecule has 3 aromatic rings. The topological polar surface area (TPSA) is 121 Å². The molecule has 4 N–H and O–H groups in total. The van der Waals surface area contributed by atoms with Gasteiger partial charge in [0.1, 0.15) is 11.7 Å². The normalized spacial score (nSPS) is 16.4. The van der Waals surface area contributed by atoms with Gasteiger partial charge in [-0.2, -0.15) is 5.10 Å². The first-order chi connectivity index (χ1) is 15.5. The summed E-state index contributed by atoms with van der Waals surface area (Å²) in [5.74, 6) is 1.99. The van der Waals surface area contributed by atoms with Gasteiger partial charge in [0, 0.05) is 37.2 Å². The Morgan fingerprint density at radius 3 is 2.81 bits per heavy atom. The number of fused-ring (bicyclic) bond motifs is 1. The summed E-state index contributed by atoms with van der Waals surface area (Å²) >= 11 is 0. The number of aromatic nitrogens is 4. The van der Waals surface area contributed by atoms with E-state index in [0.717, 1.165) is 35.2 Å². The van der Waals surface area contributed by atoms with Gasteiger partial charge in [-0.1, -0.05) is 13.8 Å². The van der Waals surface area contributed by atoms with E-state index < -0.39 is 0 Å². The lowest BCUT2D eigenvalue weighted by atomic mass is 10.1. The summed E-state index contributed by atoms with van der Waals surface area (Å²) in [5.41, 5.74) is 4.11. The molecule has 1 aliphatic rings. The van der Waals surface area contributed by atoms with E-state index in [1.807, 2.05) is 31.3 Å². The van der Waals surface area contributed by atoms with E-state index >= 15 is 0 Å². The molecule has 0 radical (unpaired) electrons. The first-order valence-electron chi connectivity index (χ1n) is 10.7. The lowest BCUT2D eigenvalue weighted by Crippen LogP contribution is -2.35. The molecule has 0 amide bonds. The van der Waals surface area contributed by atoms with Gasteiger partial charge in [0.25, 0.3) is 0 Å². The summed E-state index contributed by atoms with van der Waals surface area (Å²) < 4.78 is 5.41. The second-order valence-corrected chi connectivity index (χ2v) is 8.04. The third kappa shape index (κ3) is 5.00. The second kappa shape index (κ2) is 9.69. The van der Waals surface area contributed by atoms with Crippen LogP contribution in [0.2, 0.25) is 0 Å². The van der Waals surface area contributed by atoms with Gasteiger partial charge >= 0.3 is 0 Å². The van der Waals surface area contributed by atoms with Crippen LogP contribution in [0.4, 0.5) is 11.6 Å². The van der Waals surface area contributed by atoms with Crippen molar-refractivity contribution < 1.29 is 4.74 Å². The molecular weight excluding hydrogens is 404 g/mol. The van der Waals surface area contributed by atoms with Crippen molar-refractivity contribution in [3.63, 3.8) is 0 Å². The maximum absolute atomic E-state index is 8.55. The van der Waals surface area contributed by atoms with Crippen LogP contribution in [0.3, 0.4) is 0 Å². The summed E-state index contributed by atoms with van der Waals surface area (Å²) in [5, 5.41) is 26.3. The zero-order chi connectivity index (χ0) is 22.5. The molecule has 32 heavy (non-hydrogen) atoms. The number of hydrogen-bond acceptors (Lipinski definition) is 8. The maximum Gasteiger partial charge on any atom is 0.154 e. The molecule has 166 valence electrons. The van der Waals surface area contributed by atoms with Crippen molar-refractivity contribution in [3.05, 3.63) is 54.0 Å². The molecule has 4 rings (SSSR count). The Labute approximate surface area is 187 Å². The summed E-state index contributed by atoms with van der Waals surface area (Å²) in [6.45, 7) is 5.57. The van der Waals surface area contributed by atoms with Crippen LogP contribution in [-0.4, -0.2) is 52.3 Å². The van der Waals surface area contributed by atoms with E-state index in [1.165, 1.54) is 0 Å². The second-order valence-electron chi connectivity index (χ2n) is 8.04. The number of ether oxygens (including phenoxy) is 1. The predicted molar refractivity (Wildman–Crippen MR) is 126 cm³/mol. The highest BCUT2D eigenvalue weighted by Crippen LogP contribution is 2.22. The van der Waals surface area contributed by atoms with Crippen LogP contribution < -0.4 is 16.0 Å². The lowest BCUT2D eigenvalue weighted by molar-refractivity contribution is 0.192. The number of hydrogen-bond donors (Lipinski definition) is 4. The van der Waals surface area contributed by atoms with Crippen LogP contribution in [0.25, 0.3) is 16.6 Å². The highest BCUT2D eigenvalue weighted by molar-refractivity contribution is 6.21. The largest absolute Gasteiger partial charge is 0.393 e. The van der Waals surface area contributed by atoms with Crippen LogP contribution in [0, 0.1) is 5.41 Å². The van der Waals surface area contributed by atoms with Gasteiger partial charge in [0.05, 0.1) is 29.9 Å². The molecule has 0 spiro atoms. The van der Waals surface area contributed by atoms with Crippen molar-refractivity contribution in [3.8, 4) is 0 Å². The molecule has 9 nitrogen and oxygen atoms in total. The van der Waals surface area contributed by atoms with E-state index in [-0.39, 0.29) is 6.04 Å². The molecule has 0 aromatic carbocycles. The van der Waals surface area contributed by atoms with Crippen molar-refractivity contribution in [2.24, 2.45) is 0 Å². The van der Waals surface area contributed by atoms with Gasteiger partial charge in [0.2, 0.25) is 0 Å². The molecule has 3 aromatic heterocycles. The molecule has 1 unspecified atom stereocenters. The average molecular weight is 433 g/mol. The van der Waals surface area contributed by atoms with Crippen LogP contribution in [-0.2, 0) is 4.74 Å². The fraction of sp³-hybridized carbons (Fsp3) is 0.348. The summed E-state index contributed by atoms with van der Waals surface area (Å²) in [7, 11) is 1.81. The van der Waals surface area contributed by atoms with Crippen molar-refractivity contribution in [1.29, 1.82) is 5.41 Å². The minimum absolute atomic E-state index is 0.146. The molecule has 0 bridgehead atoms. The average Bonchev–Trinajstić information content (AvgIpc) is 3.30. The number of rotatable bonds is 7. The number of anilines is 2. The van der Waals surface area contributed by atoms with Crippen molar-refractivity contribution in [2.75, 3.05) is 25.6 Å². The van der Waals surface area contributed by atoms with Crippen LogP contribution >= 0.6 is 0 Å². The van der Waals surface area contributed by atoms with E-state index in [1.54, 1.807) is 18.6 Å². The van der Waals surface area contributed by atoms with Crippen molar-refractivity contribution in [2.45, 2.75) is 32.2 Å². The Morgan fingerprint density at radius 2 is 2.06 bits per heavy atom. The Bertz CT molecular complexity index is 1140. The number of nitrogens with zero attached hydrogens (tertiary/aromatic N) is 4. The Hall–Kier alpha value is -3.59. The van der Waals surface area contributed by atoms with Gasteiger partial charge in [-0.05, 0) is 42.2 Å². The van der Waals surface area contributed by atoms with Gasteiger partial charge in [0.15, 0.2) is 5.82 Å². The zero-order valence-electron chi connectivity index (χ0n) is 18.5. The molecule has 1 saturated heterocycles. The predicted octanol–water partition coefficient (Wildman–Crippen LogP) is 3.20. The van der Waals surface area contributed by atoms with Gasteiger partial charge in [-0.25, -0.2) is 4.98 Å². The fourth-order valence-electron chi connectivity index (χ4n) is 3.49. The van der Waals surface area contributed by atoms with E-state index in [2.05, 4.69) is 45.0 Å². The van der Waals surface area contributed by atoms with E-state index in [0.29, 0.717) is 35.6 Å². The first-order valence-corrected chi connectivity index (χ1v) is 10.7. The van der Waals surface area contributed by atoms with Crippen molar-refractivity contribution in [1.82, 2.24) is 30.8 Å². The molecule has 9 heteroatoms. The Kier molecular flexibility index (Phi) is 6.55. The van der Waals surface area contributed by atoms with Gasteiger partial charge in [-0.15, -0.1) is 5.10 Å². The van der Waals surface area contributed by atoms with E-state index in [4.69, 9.17) is 15.1 Å². The molecule has 0 aliphatic carbocycles. The molecular formula is C23H28N8O. The molecule has 1 fully saturated rings. The molecule has 1 aliphatic heterocycles. The summed E-state index contributed by atoms with van der Waals surface area (Å²) in [6, 6.07) is 7.84. The highest BCUT2D eigenvalue weighted by atomic mass is 16.5. The highest BCUT2D eigenvalue weighted by Gasteiger charge is 2.19. The quantitative estimate of drug-likeness (QED) is 0.332. The standard InChI is InChI=1S/C23H28N8O/c1-14(2)15-9-22(31-27-11-15)30-21-5-4-19-20(29-21)8-16(10-26-19)18(12-25-3)23(24)28-17-6-7-32-13-17/h4-5,8-12,14,17,25H,6-7,13H2,1-3H3,(H2,24,28)(H,29,30,31)/b18-12-. The third-order valence-electron chi connectivity index (χ3n) is 5.28. The third-order valence-corrected chi connectivity index (χ3v) is 5.28. The minimum atomic E-state index is 0.146. The SMILES string of the molecule is CN/C=C(\C(=N)NC1CCOC1)c1cnc2ccc(Nc3cc(C(C)C)cnn3)nc2c1. The Morgan fingerprint density at radius 1 is 1.19 bits per heavy atom. The van der Waals surface area contributed by atoms with Gasteiger partial charge in [-0.3, -0.25) is 10.4 Å². The summed E-state index contributed by atoms with van der Waals surface area (Å²) in [4.78, 5) is 9.26. The summed E-state index contributed by atoms with van der Waals surface area (Å²) in [6.07, 6.45) is 6.22.